The summed E-state index contributed by atoms with van der Waals surface area (Å²) in [6.45, 7) is 0.301. The third-order valence-corrected chi connectivity index (χ3v) is 5.48. The van der Waals surface area contributed by atoms with Crippen LogP contribution in [0.15, 0.2) is 48.7 Å². The number of benzene rings is 1. The number of rotatable bonds is 7. The molecule has 1 aromatic carbocycles. The fraction of sp³-hybridized carbons (Fsp3) is 0.238. The molecule has 2 heterocycles. The van der Waals surface area contributed by atoms with Gasteiger partial charge in [0.25, 0.3) is 5.91 Å². The van der Waals surface area contributed by atoms with Crippen LogP contribution in [-0.2, 0) is 11.3 Å². The van der Waals surface area contributed by atoms with Crippen LogP contribution in [0.2, 0.25) is 0 Å². The van der Waals surface area contributed by atoms with Crippen molar-refractivity contribution in [2.75, 3.05) is 12.4 Å². The lowest BCUT2D eigenvalue weighted by Crippen LogP contribution is -2.24. The van der Waals surface area contributed by atoms with Crippen LogP contribution in [0, 0.1) is 5.92 Å². The topological polar surface area (TPSA) is 93.2 Å². The van der Waals surface area contributed by atoms with Gasteiger partial charge in [0.15, 0.2) is 0 Å². The summed E-state index contributed by atoms with van der Waals surface area (Å²) in [6, 6.07) is 12.9. The Balaban J connectivity index is 1.59. The number of nitrogens with zero attached hydrogens (tertiary/aromatic N) is 2. The van der Waals surface area contributed by atoms with Crippen LogP contribution in [0.1, 0.15) is 28.1 Å². The van der Waals surface area contributed by atoms with Gasteiger partial charge in [-0.15, -0.1) is 0 Å². The molecule has 1 fully saturated rings. The van der Waals surface area contributed by atoms with Crippen molar-refractivity contribution < 1.29 is 14.3 Å². The molecule has 0 aliphatic heterocycles. The Morgan fingerprint density at radius 1 is 1.17 bits per heavy atom. The third kappa shape index (κ3) is 4.27. The molecule has 2 aromatic heterocycles. The maximum Gasteiger partial charge on any atom is 0.265 e. The minimum Gasteiger partial charge on any atom is -0.496 e. The van der Waals surface area contributed by atoms with Crippen LogP contribution in [-0.4, -0.2) is 28.3 Å². The number of methoxy groups -OCH3 is 1. The summed E-state index contributed by atoms with van der Waals surface area (Å²) in [5, 5.41) is 5.80. The Hall–Kier alpha value is -3.26. The molecule has 7 nitrogen and oxygen atoms in total. The highest BCUT2D eigenvalue weighted by Crippen LogP contribution is 2.36. The van der Waals surface area contributed by atoms with Gasteiger partial charge in [-0.2, -0.15) is 4.37 Å². The molecule has 148 valence electrons. The summed E-state index contributed by atoms with van der Waals surface area (Å²) < 4.78 is 9.74. The first-order chi connectivity index (χ1) is 14.2. The van der Waals surface area contributed by atoms with Gasteiger partial charge in [0.05, 0.1) is 18.5 Å². The van der Waals surface area contributed by atoms with Gasteiger partial charge in [-0.05, 0) is 42.6 Å². The first-order valence-electron chi connectivity index (χ1n) is 9.29. The van der Waals surface area contributed by atoms with Crippen molar-refractivity contribution in [2.45, 2.75) is 19.4 Å². The number of aromatic nitrogens is 2. The fourth-order valence-corrected chi connectivity index (χ4v) is 3.68. The number of pyridine rings is 1. The van der Waals surface area contributed by atoms with Crippen LogP contribution in [0.3, 0.4) is 0 Å². The minimum absolute atomic E-state index is 0.0102. The summed E-state index contributed by atoms with van der Waals surface area (Å²) in [4.78, 5) is 30.0. The highest BCUT2D eigenvalue weighted by Gasteiger charge is 2.32. The molecule has 1 aliphatic carbocycles. The summed E-state index contributed by atoms with van der Waals surface area (Å²) in [5.41, 5.74) is 2.40. The maximum absolute atomic E-state index is 12.9. The van der Waals surface area contributed by atoms with E-state index in [-0.39, 0.29) is 17.7 Å². The zero-order valence-electron chi connectivity index (χ0n) is 15.8. The summed E-state index contributed by atoms with van der Waals surface area (Å²) in [6.07, 6.45) is 3.40. The lowest BCUT2D eigenvalue weighted by atomic mass is 10.2. The number of carbonyl (C=O) groups is 2. The SMILES string of the molecule is COc1ccccc1CNC(=O)c1snc(-c2ccccn2)c1NC(=O)C1CC1. The second-order valence-corrected chi connectivity index (χ2v) is 7.48. The molecular weight excluding hydrogens is 388 g/mol. The van der Waals surface area contributed by atoms with Gasteiger partial charge < -0.3 is 15.4 Å². The smallest absolute Gasteiger partial charge is 0.265 e. The van der Waals surface area contributed by atoms with Crippen molar-refractivity contribution in [2.24, 2.45) is 5.92 Å². The molecule has 8 heteroatoms. The number of ether oxygens (including phenoxy) is 1. The lowest BCUT2D eigenvalue weighted by Gasteiger charge is -2.10. The molecule has 2 amide bonds. The Labute approximate surface area is 172 Å². The third-order valence-electron chi connectivity index (χ3n) is 4.63. The second kappa shape index (κ2) is 8.40. The average Bonchev–Trinajstić information content (AvgIpc) is 3.54. The van der Waals surface area contributed by atoms with E-state index < -0.39 is 0 Å². The molecule has 29 heavy (non-hydrogen) atoms. The van der Waals surface area contributed by atoms with Gasteiger partial charge in [0.2, 0.25) is 5.91 Å². The van der Waals surface area contributed by atoms with Crippen molar-refractivity contribution in [1.82, 2.24) is 14.7 Å². The number of hydrogen-bond donors (Lipinski definition) is 2. The molecule has 0 unspecified atom stereocenters. The first kappa shape index (κ1) is 19.1. The highest BCUT2D eigenvalue weighted by molar-refractivity contribution is 7.09. The van der Waals surface area contributed by atoms with E-state index in [2.05, 4.69) is 20.0 Å². The molecule has 0 saturated heterocycles. The zero-order valence-corrected chi connectivity index (χ0v) is 16.7. The molecule has 1 saturated carbocycles. The minimum atomic E-state index is -0.304. The average molecular weight is 408 g/mol. The van der Waals surface area contributed by atoms with Crippen molar-refractivity contribution in [1.29, 1.82) is 0 Å². The van der Waals surface area contributed by atoms with E-state index in [0.717, 1.165) is 29.9 Å². The van der Waals surface area contributed by atoms with Crippen LogP contribution in [0.5, 0.6) is 5.75 Å². The summed E-state index contributed by atoms with van der Waals surface area (Å²) in [7, 11) is 1.59. The first-order valence-corrected chi connectivity index (χ1v) is 10.1. The lowest BCUT2D eigenvalue weighted by molar-refractivity contribution is -0.117. The number of hydrogen-bond acceptors (Lipinski definition) is 6. The second-order valence-electron chi connectivity index (χ2n) is 6.71. The van der Waals surface area contributed by atoms with Crippen LogP contribution in [0.4, 0.5) is 5.69 Å². The van der Waals surface area contributed by atoms with Crippen LogP contribution in [0.25, 0.3) is 11.4 Å². The molecule has 2 N–H and O–H groups in total. The maximum atomic E-state index is 12.9. The van der Waals surface area contributed by atoms with E-state index in [0.29, 0.717) is 34.2 Å². The normalized spacial score (nSPS) is 13.0. The number of anilines is 1. The fourth-order valence-electron chi connectivity index (χ4n) is 2.91. The van der Waals surface area contributed by atoms with Crippen molar-refractivity contribution >= 4 is 29.0 Å². The number of para-hydroxylation sites is 1. The molecular formula is C21H20N4O3S. The van der Waals surface area contributed by atoms with Crippen molar-refractivity contribution in [3.63, 3.8) is 0 Å². The van der Waals surface area contributed by atoms with E-state index in [1.807, 2.05) is 30.3 Å². The van der Waals surface area contributed by atoms with Gasteiger partial charge in [0, 0.05) is 24.2 Å². The van der Waals surface area contributed by atoms with Gasteiger partial charge >= 0.3 is 0 Å². The molecule has 0 bridgehead atoms. The van der Waals surface area contributed by atoms with Gasteiger partial charge in [-0.25, -0.2) is 0 Å². The molecule has 0 radical (unpaired) electrons. The molecule has 0 atom stereocenters. The van der Waals surface area contributed by atoms with E-state index in [4.69, 9.17) is 4.74 Å². The predicted octanol–water partition coefficient (Wildman–Crippen LogP) is 3.49. The van der Waals surface area contributed by atoms with Gasteiger partial charge in [0.1, 0.15) is 16.3 Å². The van der Waals surface area contributed by atoms with Gasteiger partial charge in [-0.1, -0.05) is 24.3 Å². The number of nitrogens with one attached hydrogen (secondary N) is 2. The quantitative estimate of drug-likeness (QED) is 0.624. The molecule has 0 spiro atoms. The molecule has 4 rings (SSSR count). The van der Waals surface area contributed by atoms with E-state index in [1.165, 1.54) is 0 Å². The Kier molecular flexibility index (Phi) is 5.53. The Bertz CT molecular complexity index is 1030. The monoisotopic (exact) mass is 408 g/mol. The summed E-state index contributed by atoms with van der Waals surface area (Å²) >= 11 is 1.05. The van der Waals surface area contributed by atoms with Crippen molar-refractivity contribution in [3.05, 3.63) is 59.1 Å². The van der Waals surface area contributed by atoms with Crippen molar-refractivity contribution in [3.8, 4) is 17.1 Å². The number of amides is 2. The van der Waals surface area contributed by atoms with E-state index >= 15 is 0 Å². The highest BCUT2D eigenvalue weighted by atomic mass is 32.1. The summed E-state index contributed by atoms with van der Waals surface area (Å²) in [5.74, 6) is 0.326. The molecule has 1 aliphatic rings. The van der Waals surface area contributed by atoms with E-state index in [9.17, 15) is 9.59 Å². The van der Waals surface area contributed by atoms with Crippen LogP contribution < -0.4 is 15.4 Å². The Morgan fingerprint density at radius 2 is 1.97 bits per heavy atom. The predicted molar refractivity (Wildman–Crippen MR) is 111 cm³/mol. The van der Waals surface area contributed by atoms with E-state index in [1.54, 1.807) is 25.4 Å². The Morgan fingerprint density at radius 3 is 2.69 bits per heavy atom. The van der Waals surface area contributed by atoms with Gasteiger partial charge in [-0.3, -0.25) is 14.6 Å². The standard InChI is InChI=1S/C21H20N4O3S/c1-28-16-8-3-2-6-14(16)12-23-21(27)19-18(24-20(26)13-9-10-13)17(25-29-19)15-7-4-5-11-22-15/h2-8,11,13H,9-10,12H2,1H3,(H,23,27)(H,24,26). The largest absolute Gasteiger partial charge is 0.496 e. The zero-order chi connectivity index (χ0) is 20.2. The van der Waals surface area contributed by atoms with Crippen LogP contribution >= 0.6 is 11.5 Å². The molecule has 3 aromatic rings. The number of carbonyl (C=O) groups excluding carboxylic acids is 2.